The molecule has 0 fully saturated rings. The van der Waals surface area contributed by atoms with Gasteiger partial charge in [-0.05, 0) is 73.4 Å². The molecule has 2 amide bonds. The molecule has 1 aliphatic heterocycles. The minimum Gasteiger partial charge on any atom is -0.481 e. The van der Waals surface area contributed by atoms with Crippen LogP contribution in [0.5, 0.6) is 0 Å². The van der Waals surface area contributed by atoms with E-state index in [1.54, 1.807) is 0 Å². The predicted octanol–water partition coefficient (Wildman–Crippen LogP) is 5.92. The molecule has 6 N–H and O–H groups in total. The number of rotatable bonds is 20. The number of aromatic nitrogens is 1. The first-order valence-electron chi connectivity index (χ1n) is 21.3. The Morgan fingerprint density at radius 2 is 1.31 bits per heavy atom. The summed E-state index contributed by atoms with van der Waals surface area (Å²) >= 11 is 0. The van der Waals surface area contributed by atoms with Crippen LogP contribution in [0.4, 0.5) is 5.69 Å². The van der Waals surface area contributed by atoms with E-state index in [0.29, 0.717) is 0 Å². The maximum Gasteiger partial charge on any atom is 0.326 e. The first kappa shape index (κ1) is 46.9. The van der Waals surface area contributed by atoms with Crippen molar-refractivity contribution in [1.29, 1.82) is 0 Å². The average molecular weight is 882 g/mol. The lowest BCUT2D eigenvalue weighted by atomic mass is 9.79. The topological polar surface area (TPSA) is 215 Å². The number of hydrogen-bond acceptors (Lipinski definition) is 6. The van der Waals surface area contributed by atoms with Gasteiger partial charge in [-0.2, -0.15) is 4.58 Å². The molecule has 2 unspecified atom stereocenters. The Hall–Kier alpha value is -7.61. The van der Waals surface area contributed by atoms with E-state index in [1.807, 2.05) is 109 Å². The number of carbonyl (C=O) groups is 6. The Morgan fingerprint density at radius 3 is 1.92 bits per heavy atom. The molecule has 14 heteroatoms. The molecule has 65 heavy (non-hydrogen) atoms. The summed E-state index contributed by atoms with van der Waals surface area (Å²) < 4.78 is 4.06. The number of carboxylic acids is 4. The van der Waals surface area contributed by atoms with Gasteiger partial charge in [-0.1, -0.05) is 91.1 Å². The second-order valence-corrected chi connectivity index (χ2v) is 16.6. The molecule has 5 aromatic rings. The number of amides is 2. The summed E-state index contributed by atoms with van der Waals surface area (Å²) in [5.41, 5.74) is 4.22. The monoisotopic (exact) mass is 881 g/mol. The SMILES string of the molecule is C=c1c(=CC=CC(C)=CC=CC2=[N+](CCC(=O)NC(CCC(=O)O)C(=O)O)c3ccc4ccccc4c3C2(C)C)n(CCC(=O)NC(CCC(=O)O)C(=O)O)c2ccc3ccccc3c12. The Bertz CT molecular complexity index is 2970. The molecule has 0 saturated heterocycles. The number of allylic oxidation sites excluding steroid dienone is 6. The molecule has 0 spiro atoms. The molecule has 14 nitrogen and oxygen atoms in total. The van der Waals surface area contributed by atoms with E-state index in [9.17, 15) is 39.0 Å². The quantitative estimate of drug-likeness (QED) is 0.0401. The van der Waals surface area contributed by atoms with Gasteiger partial charge in [0.05, 0.1) is 11.8 Å². The summed E-state index contributed by atoms with van der Waals surface area (Å²) in [5.74, 6) is -5.93. The molecule has 2 atom stereocenters. The highest BCUT2D eigenvalue weighted by molar-refractivity contribution is 6.08. The fourth-order valence-corrected chi connectivity index (χ4v) is 8.58. The van der Waals surface area contributed by atoms with Gasteiger partial charge in [-0.3, -0.25) is 19.2 Å². The molecular weight excluding hydrogens is 829 g/mol. The third kappa shape index (κ3) is 10.8. The van der Waals surface area contributed by atoms with Gasteiger partial charge in [-0.25, -0.2) is 9.59 Å². The van der Waals surface area contributed by atoms with Crippen LogP contribution in [0.2, 0.25) is 0 Å². The Balaban J connectivity index is 1.29. The Morgan fingerprint density at radius 1 is 0.738 bits per heavy atom. The van der Waals surface area contributed by atoms with Gasteiger partial charge in [0.25, 0.3) is 0 Å². The third-order valence-electron chi connectivity index (χ3n) is 11.8. The highest BCUT2D eigenvalue weighted by Gasteiger charge is 2.45. The van der Waals surface area contributed by atoms with Crippen molar-refractivity contribution >= 4 is 92.2 Å². The summed E-state index contributed by atoms with van der Waals surface area (Å²) in [5, 5.41) is 48.9. The molecule has 2 heterocycles. The van der Waals surface area contributed by atoms with Crippen molar-refractivity contribution in [3.63, 3.8) is 0 Å². The fourth-order valence-electron chi connectivity index (χ4n) is 8.58. The largest absolute Gasteiger partial charge is 0.481 e. The lowest BCUT2D eigenvalue weighted by molar-refractivity contribution is -0.436. The zero-order chi connectivity index (χ0) is 47.0. The first-order chi connectivity index (χ1) is 31.0. The zero-order valence-corrected chi connectivity index (χ0v) is 36.5. The van der Waals surface area contributed by atoms with Crippen molar-refractivity contribution in [2.75, 3.05) is 6.54 Å². The van der Waals surface area contributed by atoms with Gasteiger partial charge in [0, 0.05) is 65.0 Å². The number of carboxylic acid groups (broad SMARTS) is 4. The van der Waals surface area contributed by atoms with Crippen molar-refractivity contribution in [3.8, 4) is 0 Å². The second kappa shape index (κ2) is 20.3. The Kier molecular flexibility index (Phi) is 14.6. The van der Waals surface area contributed by atoms with Crippen LogP contribution in [0.25, 0.3) is 45.1 Å². The fraction of sp³-hybridized carbons (Fsp3) is 0.275. The van der Waals surface area contributed by atoms with E-state index in [4.69, 9.17) is 10.2 Å². The molecule has 0 bridgehead atoms. The van der Waals surface area contributed by atoms with Crippen molar-refractivity contribution in [3.05, 3.63) is 125 Å². The summed E-state index contributed by atoms with van der Waals surface area (Å²) in [6.45, 7) is 11.1. The van der Waals surface area contributed by atoms with E-state index in [0.717, 1.165) is 65.6 Å². The molecule has 1 aromatic heterocycles. The predicted molar refractivity (Wildman–Crippen MR) is 250 cm³/mol. The van der Waals surface area contributed by atoms with Gasteiger partial charge < -0.3 is 35.6 Å². The van der Waals surface area contributed by atoms with Crippen LogP contribution >= 0.6 is 0 Å². The van der Waals surface area contributed by atoms with E-state index < -0.39 is 66.0 Å². The smallest absolute Gasteiger partial charge is 0.326 e. The summed E-state index contributed by atoms with van der Waals surface area (Å²) in [4.78, 5) is 71.9. The second-order valence-electron chi connectivity index (χ2n) is 16.6. The zero-order valence-electron chi connectivity index (χ0n) is 36.5. The summed E-state index contributed by atoms with van der Waals surface area (Å²) in [7, 11) is 0. The van der Waals surface area contributed by atoms with Crippen LogP contribution in [0, 0.1) is 0 Å². The molecule has 6 rings (SSSR count). The highest BCUT2D eigenvalue weighted by Crippen LogP contribution is 2.44. The van der Waals surface area contributed by atoms with E-state index in [1.165, 1.54) is 0 Å². The number of carbonyl (C=O) groups excluding carboxylic acids is 2. The molecular formula is C51H53N4O10+. The molecule has 0 aliphatic carbocycles. The van der Waals surface area contributed by atoms with Gasteiger partial charge in [0.2, 0.25) is 17.5 Å². The maximum absolute atomic E-state index is 13.1. The molecule has 336 valence electrons. The van der Waals surface area contributed by atoms with Crippen LogP contribution in [0.1, 0.15) is 64.9 Å². The number of nitrogens with one attached hydrogen (secondary N) is 2. The maximum atomic E-state index is 13.1. The van der Waals surface area contributed by atoms with Crippen molar-refractivity contribution in [2.45, 2.75) is 83.3 Å². The Labute approximate surface area is 374 Å². The summed E-state index contributed by atoms with van der Waals surface area (Å²) in [6.07, 6.45) is 10.3. The van der Waals surface area contributed by atoms with Crippen LogP contribution in [-0.2, 0) is 40.7 Å². The first-order valence-corrected chi connectivity index (χ1v) is 21.3. The van der Waals surface area contributed by atoms with Gasteiger partial charge in [0.15, 0.2) is 12.3 Å². The number of benzene rings is 4. The lowest BCUT2D eigenvalue weighted by Crippen LogP contribution is -2.41. The number of nitrogens with zero attached hydrogens (tertiary/aromatic N) is 2. The van der Waals surface area contributed by atoms with Crippen molar-refractivity contribution in [1.82, 2.24) is 15.2 Å². The van der Waals surface area contributed by atoms with E-state index in [2.05, 4.69) is 47.8 Å². The van der Waals surface area contributed by atoms with Gasteiger partial charge >= 0.3 is 23.9 Å². The number of aliphatic carboxylic acids is 4. The highest BCUT2D eigenvalue weighted by atomic mass is 16.4. The van der Waals surface area contributed by atoms with Gasteiger partial charge in [0.1, 0.15) is 12.1 Å². The minimum atomic E-state index is -1.33. The lowest BCUT2D eigenvalue weighted by Gasteiger charge is -2.17. The normalized spacial score (nSPS) is 14.9. The number of aryl methyl sites for hydroxylation is 1. The number of hydrogen-bond donors (Lipinski definition) is 6. The number of fused-ring (bicyclic) bond motifs is 6. The summed E-state index contributed by atoms with van der Waals surface area (Å²) in [6, 6.07) is 21.4. The van der Waals surface area contributed by atoms with Crippen LogP contribution < -0.4 is 21.2 Å². The standard InChI is InChI=1S/C51H52N4O10/c1-31(11-9-17-39-32(2)47-35-15-7-5-13-33(35)19-23-40(47)54(39)29-27-43(56)52-37(49(62)63)21-25-45(58)59)12-10-18-42-51(3,4)48-36-16-8-6-14-34(36)20-24-41(48)55(42)30-28-44(57)53-38(50(64)65)22-26-46(60)61/h5-20,23-24,37-38H,2,21-22,25-30H2,1,3-4H3,(H5-,52,53,56,57,58,59,60,61,62,63,64,65)/p+1. The minimum absolute atomic E-state index is 0.0366. The van der Waals surface area contributed by atoms with Crippen LogP contribution in [0.15, 0.2) is 109 Å². The third-order valence-corrected chi connectivity index (χ3v) is 11.8. The average Bonchev–Trinajstić information content (AvgIpc) is 3.66. The van der Waals surface area contributed by atoms with E-state index >= 15 is 0 Å². The van der Waals surface area contributed by atoms with Gasteiger partial charge in [-0.15, -0.1) is 0 Å². The van der Waals surface area contributed by atoms with E-state index in [-0.39, 0.29) is 38.8 Å². The molecule has 0 radical (unpaired) electrons. The molecule has 0 saturated carbocycles. The van der Waals surface area contributed by atoms with Crippen LogP contribution in [-0.4, -0.2) is 89.6 Å². The van der Waals surface area contributed by atoms with Crippen LogP contribution in [0.3, 0.4) is 0 Å². The van der Waals surface area contributed by atoms with Crippen molar-refractivity contribution in [2.24, 2.45) is 0 Å². The van der Waals surface area contributed by atoms with Crippen molar-refractivity contribution < 1.29 is 53.8 Å². The molecule has 4 aromatic carbocycles. The molecule has 1 aliphatic rings.